The molecule has 28 heavy (non-hydrogen) atoms. The summed E-state index contributed by atoms with van der Waals surface area (Å²) >= 11 is 0. The Balaban J connectivity index is 1.57. The highest BCUT2D eigenvalue weighted by molar-refractivity contribution is 6.11. The van der Waals surface area contributed by atoms with Gasteiger partial charge in [-0.15, -0.1) is 0 Å². The van der Waals surface area contributed by atoms with E-state index in [2.05, 4.69) is 38.4 Å². The molecule has 0 saturated carbocycles. The van der Waals surface area contributed by atoms with Gasteiger partial charge in [0.25, 0.3) is 11.5 Å². The fourth-order valence-electron chi connectivity index (χ4n) is 3.52. The first-order valence-electron chi connectivity index (χ1n) is 9.36. The Labute approximate surface area is 163 Å². The van der Waals surface area contributed by atoms with Gasteiger partial charge in [-0.25, -0.2) is 5.10 Å². The Morgan fingerprint density at radius 2 is 1.79 bits per heavy atom. The van der Waals surface area contributed by atoms with Gasteiger partial charge in [0, 0.05) is 42.9 Å². The Hall–Kier alpha value is -3.19. The van der Waals surface area contributed by atoms with E-state index in [-0.39, 0.29) is 17.2 Å². The summed E-state index contributed by atoms with van der Waals surface area (Å²) in [5, 5.41) is 10.3. The molecule has 1 saturated heterocycles. The molecule has 0 atom stereocenters. The minimum atomic E-state index is -0.345. The molecule has 0 aliphatic carbocycles. The molecule has 2 N–H and O–H groups in total. The van der Waals surface area contributed by atoms with Crippen molar-refractivity contribution >= 4 is 28.1 Å². The number of rotatable bonds is 3. The zero-order chi connectivity index (χ0) is 19.7. The lowest BCUT2D eigenvalue weighted by atomic mass is 10.1. The van der Waals surface area contributed by atoms with Gasteiger partial charge in [-0.3, -0.25) is 9.59 Å². The maximum absolute atomic E-state index is 12.8. The second-order valence-corrected chi connectivity index (χ2v) is 7.19. The molecule has 7 heteroatoms. The molecule has 1 aliphatic heterocycles. The highest BCUT2D eigenvalue weighted by atomic mass is 16.2. The van der Waals surface area contributed by atoms with Crippen LogP contribution in [0.15, 0.2) is 47.3 Å². The number of amides is 1. The van der Waals surface area contributed by atoms with Crippen LogP contribution in [-0.2, 0) is 0 Å². The molecular weight excluding hydrogens is 354 g/mol. The molecule has 2 heterocycles. The predicted molar refractivity (Wildman–Crippen MR) is 111 cm³/mol. The highest BCUT2D eigenvalue weighted by Crippen LogP contribution is 2.24. The molecule has 144 valence electrons. The van der Waals surface area contributed by atoms with Crippen LogP contribution < -0.4 is 15.8 Å². The number of aromatic nitrogens is 2. The average Bonchev–Trinajstić information content (AvgIpc) is 2.70. The van der Waals surface area contributed by atoms with Crippen molar-refractivity contribution in [2.75, 3.05) is 43.4 Å². The molecule has 0 bridgehead atoms. The number of nitrogens with zero attached hydrogens (tertiary/aromatic N) is 3. The van der Waals surface area contributed by atoms with Crippen molar-refractivity contribution in [2.45, 2.75) is 6.92 Å². The molecule has 0 radical (unpaired) electrons. The number of fused-ring (bicyclic) bond motifs is 1. The van der Waals surface area contributed by atoms with E-state index in [1.165, 1.54) is 0 Å². The number of piperazine rings is 1. The first-order chi connectivity index (χ1) is 13.5. The molecule has 7 nitrogen and oxygen atoms in total. The van der Waals surface area contributed by atoms with Crippen molar-refractivity contribution in [3.63, 3.8) is 0 Å². The van der Waals surface area contributed by atoms with Crippen LogP contribution in [0, 0.1) is 6.92 Å². The van der Waals surface area contributed by atoms with Crippen molar-refractivity contribution in [1.82, 2.24) is 15.1 Å². The minimum Gasteiger partial charge on any atom is -0.369 e. The summed E-state index contributed by atoms with van der Waals surface area (Å²) in [4.78, 5) is 29.4. The van der Waals surface area contributed by atoms with Crippen molar-refractivity contribution in [3.05, 3.63) is 64.1 Å². The topological polar surface area (TPSA) is 81.3 Å². The average molecular weight is 377 g/mol. The molecule has 1 aromatic heterocycles. The molecule has 1 aliphatic rings. The van der Waals surface area contributed by atoms with Crippen LogP contribution in [-0.4, -0.2) is 54.2 Å². The van der Waals surface area contributed by atoms with E-state index in [9.17, 15) is 9.59 Å². The van der Waals surface area contributed by atoms with Gasteiger partial charge in [0.05, 0.1) is 5.39 Å². The first kappa shape index (κ1) is 18.2. The second-order valence-electron chi connectivity index (χ2n) is 7.19. The Morgan fingerprint density at radius 1 is 1.07 bits per heavy atom. The lowest BCUT2D eigenvalue weighted by Crippen LogP contribution is -2.44. The fraction of sp³-hybridized carbons (Fsp3) is 0.286. The summed E-state index contributed by atoms with van der Waals surface area (Å²) in [6, 6.07) is 13.0. The minimum absolute atomic E-state index is 0.206. The van der Waals surface area contributed by atoms with Crippen LogP contribution in [0.3, 0.4) is 0 Å². The number of anilines is 2. The third-order valence-electron chi connectivity index (χ3n) is 5.24. The largest absolute Gasteiger partial charge is 0.369 e. The van der Waals surface area contributed by atoms with E-state index in [0.29, 0.717) is 10.8 Å². The summed E-state index contributed by atoms with van der Waals surface area (Å²) in [6.07, 6.45) is 0. The maximum atomic E-state index is 12.8. The summed E-state index contributed by atoms with van der Waals surface area (Å²) in [5.41, 5.74) is 2.78. The monoisotopic (exact) mass is 377 g/mol. The van der Waals surface area contributed by atoms with Crippen LogP contribution in [0.4, 0.5) is 11.4 Å². The van der Waals surface area contributed by atoms with Gasteiger partial charge in [0.1, 0.15) is 0 Å². The first-order valence-corrected chi connectivity index (χ1v) is 9.36. The number of H-pyrrole nitrogens is 1. The number of carbonyl (C=O) groups is 1. The van der Waals surface area contributed by atoms with Crippen molar-refractivity contribution in [2.24, 2.45) is 0 Å². The van der Waals surface area contributed by atoms with Gasteiger partial charge in [0.15, 0.2) is 5.69 Å². The lowest BCUT2D eigenvalue weighted by molar-refractivity contribution is 0.102. The van der Waals surface area contributed by atoms with Gasteiger partial charge < -0.3 is 15.1 Å². The van der Waals surface area contributed by atoms with Crippen molar-refractivity contribution in [1.29, 1.82) is 0 Å². The number of aromatic amines is 1. The van der Waals surface area contributed by atoms with Gasteiger partial charge in [-0.05, 0) is 43.8 Å². The van der Waals surface area contributed by atoms with E-state index < -0.39 is 0 Å². The fourth-order valence-corrected chi connectivity index (χ4v) is 3.52. The highest BCUT2D eigenvalue weighted by Gasteiger charge is 2.17. The Morgan fingerprint density at radius 3 is 2.50 bits per heavy atom. The van der Waals surface area contributed by atoms with Gasteiger partial charge in [0.2, 0.25) is 0 Å². The Kier molecular flexibility index (Phi) is 4.83. The second kappa shape index (κ2) is 7.44. The number of aryl methyl sites for hydroxylation is 1. The normalized spacial score (nSPS) is 15.0. The van der Waals surface area contributed by atoms with Crippen LogP contribution in [0.5, 0.6) is 0 Å². The van der Waals surface area contributed by atoms with Gasteiger partial charge in [-0.2, -0.15) is 5.10 Å². The molecule has 0 spiro atoms. The third kappa shape index (κ3) is 3.48. The Bertz CT molecular complexity index is 1080. The van der Waals surface area contributed by atoms with Gasteiger partial charge >= 0.3 is 0 Å². The number of likely N-dealkylation sites (N-methyl/N-ethyl adjacent to an activating group) is 1. The maximum Gasteiger partial charge on any atom is 0.276 e. The number of nitrogens with one attached hydrogen (secondary N) is 2. The lowest BCUT2D eigenvalue weighted by Gasteiger charge is -2.34. The standard InChI is InChI=1S/C21H23N5O2/c1-14-13-15(26-11-9-25(2)10-12-26)7-8-18(14)22-21(28)19-16-5-3-4-6-17(16)20(27)24-23-19/h3-8,13H,9-12H2,1-2H3,(H,22,28)(H,24,27). The van der Waals surface area contributed by atoms with Crippen LogP contribution in [0.25, 0.3) is 10.8 Å². The number of carbonyl (C=O) groups excluding carboxylic acids is 1. The van der Waals surface area contributed by atoms with E-state index in [1.807, 2.05) is 19.1 Å². The summed E-state index contributed by atoms with van der Waals surface area (Å²) in [7, 11) is 2.13. The summed E-state index contributed by atoms with van der Waals surface area (Å²) in [6.45, 7) is 6.06. The molecular formula is C21H23N5O2. The van der Waals surface area contributed by atoms with Crippen LogP contribution in [0.2, 0.25) is 0 Å². The van der Waals surface area contributed by atoms with E-state index in [4.69, 9.17) is 0 Å². The molecule has 1 fully saturated rings. The molecule has 2 aromatic carbocycles. The number of benzene rings is 2. The number of hydrogen-bond acceptors (Lipinski definition) is 5. The summed E-state index contributed by atoms with van der Waals surface area (Å²) in [5.74, 6) is -0.345. The van der Waals surface area contributed by atoms with Crippen LogP contribution >= 0.6 is 0 Å². The smallest absolute Gasteiger partial charge is 0.276 e. The zero-order valence-corrected chi connectivity index (χ0v) is 16.0. The molecule has 3 aromatic rings. The van der Waals surface area contributed by atoms with Gasteiger partial charge in [-0.1, -0.05) is 18.2 Å². The van der Waals surface area contributed by atoms with Crippen molar-refractivity contribution in [3.8, 4) is 0 Å². The zero-order valence-electron chi connectivity index (χ0n) is 16.0. The van der Waals surface area contributed by atoms with Crippen LogP contribution in [0.1, 0.15) is 16.1 Å². The SMILES string of the molecule is Cc1cc(N2CCN(C)CC2)ccc1NC(=O)c1n[nH]c(=O)c2ccccc12. The van der Waals surface area contributed by atoms with E-state index >= 15 is 0 Å². The van der Waals surface area contributed by atoms with Crippen molar-refractivity contribution < 1.29 is 4.79 Å². The molecule has 1 amide bonds. The molecule has 0 unspecified atom stereocenters. The predicted octanol–water partition coefficient (Wildman–Crippen LogP) is 2.24. The van der Waals surface area contributed by atoms with E-state index in [1.54, 1.807) is 24.3 Å². The quantitative estimate of drug-likeness (QED) is 0.732. The number of hydrogen-bond donors (Lipinski definition) is 2. The molecule has 4 rings (SSSR count). The van der Waals surface area contributed by atoms with E-state index in [0.717, 1.165) is 43.1 Å². The summed E-state index contributed by atoms with van der Waals surface area (Å²) < 4.78 is 0. The third-order valence-corrected chi connectivity index (χ3v) is 5.24.